The van der Waals surface area contributed by atoms with Crippen LogP contribution in [0.2, 0.25) is 5.02 Å². The second-order valence-electron chi connectivity index (χ2n) is 5.12. The number of imidazole rings is 1. The second kappa shape index (κ2) is 6.46. The van der Waals surface area contributed by atoms with Crippen molar-refractivity contribution >= 4 is 28.5 Å². The van der Waals surface area contributed by atoms with Crippen LogP contribution in [0, 0.1) is 5.82 Å². The van der Waals surface area contributed by atoms with E-state index in [2.05, 4.69) is 4.98 Å². The summed E-state index contributed by atoms with van der Waals surface area (Å²) in [5.74, 6) is -1.85. The molecule has 0 radical (unpaired) electrons. The van der Waals surface area contributed by atoms with Crippen molar-refractivity contribution in [1.82, 2.24) is 15.0 Å². The summed E-state index contributed by atoms with van der Waals surface area (Å²) in [5, 5.41) is 18.3. The molecule has 0 aliphatic carbocycles. The minimum atomic E-state index is -0.884. The molecule has 24 heavy (non-hydrogen) atoms. The number of para-hydroxylation sites is 2. The molecular weight excluding hydrogens is 337 g/mol. The van der Waals surface area contributed by atoms with E-state index in [0.29, 0.717) is 11.0 Å². The molecule has 0 saturated heterocycles. The van der Waals surface area contributed by atoms with Gasteiger partial charge in [0.15, 0.2) is 11.6 Å². The summed E-state index contributed by atoms with van der Waals surface area (Å²) in [5.41, 5.74) is 2.94. The highest BCUT2D eigenvalue weighted by molar-refractivity contribution is 6.32. The average Bonchev–Trinajstić information content (AvgIpc) is 2.96. The molecule has 0 bridgehead atoms. The fraction of sp³-hybridized carbons (Fsp3) is 0.125. The van der Waals surface area contributed by atoms with Crippen LogP contribution in [-0.2, 0) is 11.3 Å². The van der Waals surface area contributed by atoms with E-state index in [1.807, 2.05) is 0 Å². The molecule has 0 aliphatic heterocycles. The molecule has 1 aromatic heterocycles. The summed E-state index contributed by atoms with van der Waals surface area (Å²) in [6.07, 6.45) is -0.0228. The van der Waals surface area contributed by atoms with E-state index in [1.54, 1.807) is 34.3 Å². The number of carbonyl (C=O) groups is 1. The van der Waals surface area contributed by atoms with Gasteiger partial charge in [-0.15, -0.1) is 0 Å². The predicted molar refractivity (Wildman–Crippen MR) is 86.3 cm³/mol. The molecule has 0 unspecified atom stereocenters. The zero-order chi connectivity index (χ0) is 17.3. The Labute approximate surface area is 141 Å². The molecule has 0 aliphatic rings. The summed E-state index contributed by atoms with van der Waals surface area (Å²) in [7, 11) is 0. The van der Waals surface area contributed by atoms with Crippen molar-refractivity contribution < 1.29 is 19.5 Å². The predicted octanol–water partition coefficient (Wildman–Crippen LogP) is 3.10. The first kappa shape index (κ1) is 16.2. The second-order valence-corrected chi connectivity index (χ2v) is 5.53. The van der Waals surface area contributed by atoms with Gasteiger partial charge in [-0.2, -0.15) is 0 Å². The Bertz CT molecular complexity index is 926. The molecule has 0 atom stereocenters. The summed E-state index contributed by atoms with van der Waals surface area (Å²) in [4.78, 5) is 15.7. The van der Waals surface area contributed by atoms with Crippen molar-refractivity contribution in [2.75, 3.05) is 0 Å². The number of phenols is 1. The van der Waals surface area contributed by atoms with Gasteiger partial charge in [0.1, 0.15) is 5.82 Å². The molecule has 1 heterocycles. The summed E-state index contributed by atoms with van der Waals surface area (Å²) in [6.45, 7) is 0.172. The Morgan fingerprint density at radius 1 is 1.29 bits per heavy atom. The molecule has 0 fully saturated rings. The van der Waals surface area contributed by atoms with Crippen LogP contribution in [0.4, 0.5) is 4.39 Å². The number of halogens is 2. The lowest BCUT2D eigenvalue weighted by Crippen LogP contribution is -2.20. The number of amides is 1. The van der Waals surface area contributed by atoms with Gasteiger partial charge in [-0.05, 0) is 24.3 Å². The summed E-state index contributed by atoms with van der Waals surface area (Å²) >= 11 is 5.72. The fourth-order valence-electron chi connectivity index (χ4n) is 2.49. The van der Waals surface area contributed by atoms with Gasteiger partial charge in [-0.25, -0.2) is 14.9 Å². The summed E-state index contributed by atoms with van der Waals surface area (Å²) in [6, 6.07) is 9.93. The molecule has 0 saturated carbocycles. The lowest BCUT2D eigenvalue weighted by molar-refractivity contribution is -0.129. The van der Waals surface area contributed by atoms with Gasteiger partial charge in [0.05, 0.1) is 21.6 Å². The molecular formula is C16H13ClFN3O3. The topological polar surface area (TPSA) is 87.4 Å². The molecule has 1 amide bonds. The molecule has 3 N–H and O–H groups in total. The van der Waals surface area contributed by atoms with Crippen LogP contribution in [0.1, 0.15) is 6.42 Å². The number of aryl methyl sites for hydroxylation is 1. The van der Waals surface area contributed by atoms with Gasteiger partial charge in [0.2, 0.25) is 5.91 Å². The molecule has 2 aromatic carbocycles. The lowest BCUT2D eigenvalue weighted by Gasteiger charge is -2.10. The Hall–Kier alpha value is -2.64. The van der Waals surface area contributed by atoms with Crippen LogP contribution in [0.3, 0.4) is 0 Å². The van der Waals surface area contributed by atoms with Crippen molar-refractivity contribution in [2.24, 2.45) is 0 Å². The fourth-order valence-corrected chi connectivity index (χ4v) is 2.64. The van der Waals surface area contributed by atoms with E-state index >= 15 is 0 Å². The van der Waals surface area contributed by atoms with Crippen LogP contribution in [0.15, 0.2) is 36.4 Å². The highest BCUT2D eigenvalue weighted by atomic mass is 35.5. The van der Waals surface area contributed by atoms with Crippen LogP contribution in [0.5, 0.6) is 5.75 Å². The van der Waals surface area contributed by atoms with E-state index in [9.17, 15) is 14.3 Å². The van der Waals surface area contributed by atoms with Gasteiger partial charge in [-0.1, -0.05) is 23.7 Å². The Morgan fingerprint density at radius 3 is 2.79 bits per heavy atom. The number of nitrogens with zero attached hydrogens (tertiary/aromatic N) is 2. The average molecular weight is 350 g/mol. The molecule has 6 nitrogen and oxygen atoms in total. The number of fused-ring (bicyclic) bond motifs is 1. The maximum absolute atomic E-state index is 14.4. The first-order chi connectivity index (χ1) is 11.5. The maximum Gasteiger partial charge on any atom is 0.245 e. The summed E-state index contributed by atoms with van der Waals surface area (Å²) < 4.78 is 16.1. The molecule has 3 rings (SSSR count). The zero-order valence-electron chi connectivity index (χ0n) is 12.3. The maximum atomic E-state index is 14.4. The standard InChI is InChI=1S/C16H13ClFN3O3/c17-10-6-5-9(14(18)15(10)23)16-19-11-3-1-2-4-12(11)21(16)8-7-13(22)20-24/h1-6,23-24H,7-8H2,(H,20,22). The van der Waals surface area contributed by atoms with Gasteiger partial charge in [-0.3, -0.25) is 10.0 Å². The van der Waals surface area contributed by atoms with Crippen molar-refractivity contribution in [1.29, 1.82) is 0 Å². The third-order valence-corrected chi connectivity index (χ3v) is 3.95. The molecule has 0 spiro atoms. The highest BCUT2D eigenvalue weighted by Crippen LogP contribution is 2.35. The van der Waals surface area contributed by atoms with Crippen molar-refractivity contribution in [3.05, 3.63) is 47.2 Å². The van der Waals surface area contributed by atoms with E-state index in [1.165, 1.54) is 12.1 Å². The van der Waals surface area contributed by atoms with Gasteiger partial charge < -0.3 is 9.67 Å². The van der Waals surface area contributed by atoms with Crippen LogP contribution in [-0.4, -0.2) is 25.8 Å². The smallest absolute Gasteiger partial charge is 0.245 e. The number of nitrogens with one attached hydrogen (secondary N) is 1. The van der Waals surface area contributed by atoms with E-state index in [0.717, 1.165) is 0 Å². The highest BCUT2D eigenvalue weighted by Gasteiger charge is 2.19. The van der Waals surface area contributed by atoms with Crippen molar-refractivity contribution in [2.45, 2.75) is 13.0 Å². The number of hydrogen-bond acceptors (Lipinski definition) is 4. The number of benzene rings is 2. The first-order valence-electron chi connectivity index (χ1n) is 7.08. The number of hydroxylamine groups is 1. The molecule has 124 valence electrons. The number of carbonyl (C=O) groups excluding carboxylic acids is 1. The number of rotatable bonds is 4. The third kappa shape index (κ3) is 2.79. The van der Waals surface area contributed by atoms with E-state index < -0.39 is 17.5 Å². The van der Waals surface area contributed by atoms with Crippen LogP contribution < -0.4 is 5.48 Å². The third-order valence-electron chi connectivity index (χ3n) is 3.65. The molecule has 8 heteroatoms. The van der Waals surface area contributed by atoms with Gasteiger partial charge in [0, 0.05) is 13.0 Å². The first-order valence-corrected chi connectivity index (χ1v) is 7.46. The Kier molecular flexibility index (Phi) is 4.37. The van der Waals surface area contributed by atoms with E-state index in [-0.39, 0.29) is 29.4 Å². The largest absolute Gasteiger partial charge is 0.504 e. The molecule has 3 aromatic rings. The minimum absolute atomic E-state index is 0.0228. The number of phenolic OH excluding ortho intramolecular Hbond substituents is 1. The quantitative estimate of drug-likeness (QED) is 0.499. The van der Waals surface area contributed by atoms with Crippen molar-refractivity contribution in [3.63, 3.8) is 0 Å². The van der Waals surface area contributed by atoms with Crippen molar-refractivity contribution in [3.8, 4) is 17.1 Å². The number of hydrogen-bond donors (Lipinski definition) is 3. The van der Waals surface area contributed by atoms with Gasteiger partial charge >= 0.3 is 0 Å². The number of aromatic hydroxyl groups is 1. The van der Waals surface area contributed by atoms with Crippen LogP contribution >= 0.6 is 11.6 Å². The van der Waals surface area contributed by atoms with Crippen LogP contribution in [0.25, 0.3) is 22.4 Å². The Morgan fingerprint density at radius 2 is 2.04 bits per heavy atom. The number of aromatic nitrogens is 2. The minimum Gasteiger partial charge on any atom is -0.504 e. The monoisotopic (exact) mass is 349 g/mol. The van der Waals surface area contributed by atoms with E-state index in [4.69, 9.17) is 16.8 Å². The SMILES string of the molecule is O=C(CCn1c(-c2ccc(Cl)c(O)c2F)nc2ccccc21)NO. The Balaban J connectivity index is 2.17. The normalized spacial score (nSPS) is 11.0. The lowest BCUT2D eigenvalue weighted by atomic mass is 10.2. The van der Waals surface area contributed by atoms with Gasteiger partial charge in [0.25, 0.3) is 0 Å². The zero-order valence-corrected chi connectivity index (χ0v) is 13.1.